The maximum atomic E-state index is 10.1. The maximum Gasteiger partial charge on any atom is 0.303 e. The number of ether oxygens (including phenoxy) is 1. The normalized spacial score (nSPS) is 12.9. The van der Waals surface area contributed by atoms with Gasteiger partial charge in [0.05, 0.1) is 13.2 Å². The Bertz CT molecular complexity index is 141. The minimum atomic E-state index is -0.663. The van der Waals surface area contributed by atoms with E-state index in [-0.39, 0.29) is 0 Å². The van der Waals surface area contributed by atoms with E-state index in [2.05, 4.69) is 11.7 Å². The standard InChI is InChI=1S/C10H20O2.C2H4O/c1-2-3-4-5-6-7-8-9-10(11)12;1-2-3-1/h2-9H2,1H3,(H,11,12);1-2H2. The number of carbonyl (C=O) groups is 1. The molecule has 15 heavy (non-hydrogen) atoms. The first-order valence-corrected chi connectivity index (χ1v) is 6.07. The zero-order valence-corrected chi connectivity index (χ0v) is 9.83. The molecule has 0 unspecified atom stereocenters. The number of hydrogen-bond donors (Lipinski definition) is 1. The molecule has 0 amide bonds. The molecule has 0 aromatic heterocycles. The SMILES string of the molecule is C1CO1.CCCCCCCCCC(=O)O. The van der Waals surface area contributed by atoms with Crippen molar-refractivity contribution in [3.63, 3.8) is 0 Å². The van der Waals surface area contributed by atoms with Gasteiger partial charge in [-0.2, -0.15) is 0 Å². The molecule has 0 aromatic rings. The Morgan fingerprint density at radius 2 is 1.53 bits per heavy atom. The van der Waals surface area contributed by atoms with Crippen molar-refractivity contribution in [1.82, 2.24) is 0 Å². The topological polar surface area (TPSA) is 49.8 Å². The summed E-state index contributed by atoms with van der Waals surface area (Å²) < 4.78 is 4.50. The van der Waals surface area contributed by atoms with Gasteiger partial charge in [0.2, 0.25) is 0 Å². The van der Waals surface area contributed by atoms with Gasteiger partial charge in [-0.3, -0.25) is 4.79 Å². The Balaban J connectivity index is 0.000000548. The van der Waals surface area contributed by atoms with Crippen LogP contribution in [0.2, 0.25) is 0 Å². The monoisotopic (exact) mass is 216 g/mol. The Morgan fingerprint density at radius 3 is 1.93 bits per heavy atom. The summed E-state index contributed by atoms with van der Waals surface area (Å²) in [5.41, 5.74) is 0. The summed E-state index contributed by atoms with van der Waals surface area (Å²) in [5, 5.41) is 8.35. The van der Waals surface area contributed by atoms with Gasteiger partial charge in [0.25, 0.3) is 0 Å². The lowest BCUT2D eigenvalue weighted by Crippen LogP contribution is -1.93. The Hall–Kier alpha value is -0.570. The van der Waals surface area contributed by atoms with Crippen molar-refractivity contribution >= 4 is 5.97 Å². The molecule has 1 aliphatic rings. The lowest BCUT2D eigenvalue weighted by molar-refractivity contribution is -0.137. The molecule has 1 saturated heterocycles. The van der Waals surface area contributed by atoms with Crippen LogP contribution >= 0.6 is 0 Å². The van der Waals surface area contributed by atoms with Crippen LogP contribution in [0.15, 0.2) is 0 Å². The smallest absolute Gasteiger partial charge is 0.303 e. The maximum absolute atomic E-state index is 10.1. The molecule has 0 aliphatic carbocycles. The fraction of sp³-hybridized carbons (Fsp3) is 0.917. The molecule has 1 N–H and O–H groups in total. The molecule has 1 aliphatic heterocycles. The third-order valence-electron chi connectivity index (χ3n) is 2.20. The van der Waals surface area contributed by atoms with Crippen molar-refractivity contribution in [2.24, 2.45) is 0 Å². The first kappa shape index (κ1) is 14.4. The third-order valence-corrected chi connectivity index (χ3v) is 2.20. The fourth-order valence-electron chi connectivity index (χ4n) is 1.23. The van der Waals surface area contributed by atoms with Gasteiger partial charge in [0.15, 0.2) is 0 Å². The molecule has 0 spiro atoms. The second-order valence-corrected chi connectivity index (χ2v) is 3.88. The van der Waals surface area contributed by atoms with Crippen LogP contribution in [0.1, 0.15) is 58.3 Å². The molecule has 0 aromatic carbocycles. The fourth-order valence-corrected chi connectivity index (χ4v) is 1.23. The Labute approximate surface area is 92.8 Å². The summed E-state index contributed by atoms with van der Waals surface area (Å²) in [4.78, 5) is 10.1. The highest BCUT2D eigenvalue weighted by Crippen LogP contribution is 2.07. The predicted molar refractivity (Wildman–Crippen MR) is 61.1 cm³/mol. The largest absolute Gasteiger partial charge is 0.481 e. The van der Waals surface area contributed by atoms with Crippen LogP contribution in [0.5, 0.6) is 0 Å². The number of carboxylic acids is 1. The molecular weight excluding hydrogens is 192 g/mol. The summed E-state index contributed by atoms with van der Waals surface area (Å²) in [7, 11) is 0. The second kappa shape index (κ2) is 11.5. The average Bonchev–Trinajstić information content (AvgIpc) is 3.03. The van der Waals surface area contributed by atoms with E-state index >= 15 is 0 Å². The van der Waals surface area contributed by atoms with Crippen LogP contribution in [-0.4, -0.2) is 24.3 Å². The second-order valence-electron chi connectivity index (χ2n) is 3.88. The van der Waals surface area contributed by atoms with Gasteiger partial charge in [-0.25, -0.2) is 0 Å². The van der Waals surface area contributed by atoms with Gasteiger partial charge in [-0.15, -0.1) is 0 Å². The van der Waals surface area contributed by atoms with Crippen LogP contribution in [0.25, 0.3) is 0 Å². The Morgan fingerprint density at radius 1 is 1.07 bits per heavy atom. The minimum absolute atomic E-state index is 0.341. The first-order valence-electron chi connectivity index (χ1n) is 6.07. The molecule has 0 bridgehead atoms. The zero-order valence-electron chi connectivity index (χ0n) is 9.83. The highest BCUT2D eigenvalue weighted by Gasteiger charge is 1.95. The van der Waals surface area contributed by atoms with Crippen LogP contribution in [0, 0.1) is 0 Å². The number of unbranched alkanes of at least 4 members (excludes halogenated alkanes) is 6. The van der Waals surface area contributed by atoms with E-state index in [0.29, 0.717) is 6.42 Å². The average molecular weight is 216 g/mol. The van der Waals surface area contributed by atoms with E-state index in [4.69, 9.17) is 5.11 Å². The number of hydrogen-bond acceptors (Lipinski definition) is 2. The molecule has 0 radical (unpaired) electrons. The molecule has 1 rings (SSSR count). The van der Waals surface area contributed by atoms with E-state index in [1.807, 2.05) is 0 Å². The zero-order chi connectivity index (χ0) is 11.4. The lowest BCUT2D eigenvalue weighted by Gasteiger charge is -1.98. The van der Waals surface area contributed by atoms with Crippen molar-refractivity contribution in [3.8, 4) is 0 Å². The van der Waals surface area contributed by atoms with E-state index in [1.54, 1.807) is 0 Å². The highest BCUT2D eigenvalue weighted by molar-refractivity contribution is 5.66. The van der Waals surface area contributed by atoms with Gasteiger partial charge < -0.3 is 9.84 Å². The number of rotatable bonds is 8. The van der Waals surface area contributed by atoms with Crippen molar-refractivity contribution < 1.29 is 14.6 Å². The minimum Gasteiger partial charge on any atom is -0.481 e. The summed E-state index contributed by atoms with van der Waals surface area (Å²) in [6.45, 7) is 4.20. The predicted octanol–water partition coefficient (Wildman–Crippen LogP) is 3.23. The quantitative estimate of drug-likeness (QED) is 0.500. The third kappa shape index (κ3) is 19.7. The molecule has 0 saturated carbocycles. The summed E-state index contributed by atoms with van der Waals surface area (Å²) in [5.74, 6) is -0.663. The number of carboxylic acid groups (broad SMARTS) is 1. The molecule has 0 atom stereocenters. The van der Waals surface area contributed by atoms with Crippen LogP contribution < -0.4 is 0 Å². The Kier molecular flexibility index (Phi) is 11.1. The number of aliphatic carboxylic acids is 1. The highest BCUT2D eigenvalue weighted by atomic mass is 16.6. The van der Waals surface area contributed by atoms with Crippen LogP contribution in [0.3, 0.4) is 0 Å². The van der Waals surface area contributed by atoms with E-state index in [9.17, 15) is 4.79 Å². The van der Waals surface area contributed by atoms with Crippen molar-refractivity contribution in [1.29, 1.82) is 0 Å². The molecule has 1 heterocycles. The molecular formula is C12H24O3. The van der Waals surface area contributed by atoms with Crippen molar-refractivity contribution in [2.45, 2.75) is 58.3 Å². The first-order chi connectivity index (χ1) is 7.27. The molecule has 90 valence electrons. The number of epoxide rings is 1. The molecule has 1 fully saturated rings. The summed E-state index contributed by atoms with van der Waals surface area (Å²) >= 11 is 0. The van der Waals surface area contributed by atoms with Gasteiger partial charge >= 0.3 is 5.97 Å². The molecule has 3 nitrogen and oxygen atoms in total. The van der Waals surface area contributed by atoms with Crippen LogP contribution in [0.4, 0.5) is 0 Å². The van der Waals surface area contributed by atoms with Crippen molar-refractivity contribution in [2.75, 3.05) is 13.2 Å². The van der Waals surface area contributed by atoms with Crippen molar-refractivity contribution in [3.05, 3.63) is 0 Å². The van der Waals surface area contributed by atoms with Crippen LogP contribution in [-0.2, 0) is 9.53 Å². The van der Waals surface area contributed by atoms with E-state index in [1.165, 1.54) is 32.1 Å². The summed E-state index contributed by atoms with van der Waals surface area (Å²) in [6.07, 6.45) is 8.64. The van der Waals surface area contributed by atoms with Gasteiger partial charge in [0.1, 0.15) is 0 Å². The van der Waals surface area contributed by atoms with E-state index in [0.717, 1.165) is 26.1 Å². The summed E-state index contributed by atoms with van der Waals surface area (Å²) in [6, 6.07) is 0. The van der Waals surface area contributed by atoms with Gasteiger partial charge in [-0.1, -0.05) is 45.4 Å². The molecule has 3 heteroatoms. The van der Waals surface area contributed by atoms with Gasteiger partial charge in [0, 0.05) is 6.42 Å². The van der Waals surface area contributed by atoms with Gasteiger partial charge in [-0.05, 0) is 6.42 Å². The van der Waals surface area contributed by atoms with E-state index < -0.39 is 5.97 Å². The lowest BCUT2D eigenvalue weighted by atomic mass is 10.1.